The molecule has 6 nitrogen and oxygen atoms in total. The minimum atomic E-state index is -0.255. The standard InChI is InChI=1S/C25H20ClN3O3S/c26-17-6-10-19(11-7-17)31-14-24(30)27-25-22-15-33-16-23(22)28-29(25)18-8-12-21(13-9-18)32-20-4-2-1-3-5-20/h1-13H,14-16H2,(H,27,30). The lowest BCUT2D eigenvalue weighted by atomic mass is 10.2. The van der Waals surface area contributed by atoms with Crippen LogP contribution in [0.1, 0.15) is 11.3 Å². The first-order valence-corrected chi connectivity index (χ1v) is 11.9. The van der Waals surface area contributed by atoms with Crippen molar-refractivity contribution in [3.8, 4) is 22.9 Å². The summed E-state index contributed by atoms with van der Waals surface area (Å²) in [7, 11) is 0. The first kappa shape index (κ1) is 21.4. The molecule has 1 aliphatic rings. The third kappa shape index (κ3) is 4.99. The Bertz CT molecular complexity index is 1260. The third-order valence-corrected chi connectivity index (χ3v) is 6.28. The van der Waals surface area contributed by atoms with Gasteiger partial charge in [0.05, 0.1) is 11.4 Å². The van der Waals surface area contributed by atoms with Crippen LogP contribution in [0.15, 0.2) is 78.9 Å². The number of benzene rings is 3. The number of hydrogen-bond donors (Lipinski definition) is 1. The number of carbonyl (C=O) groups excluding carboxylic acids is 1. The predicted molar refractivity (Wildman–Crippen MR) is 131 cm³/mol. The van der Waals surface area contributed by atoms with Gasteiger partial charge in [0.1, 0.15) is 23.1 Å². The van der Waals surface area contributed by atoms with Gasteiger partial charge in [0.25, 0.3) is 5.91 Å². The number of fused-ring (bicyclic) bond motifs is 1. The zero-order chi connectivity index (χ0) is 22.6. The Morgan fingerprint density at radius 2 is 1.64 bits per heavy atom. The van der Waals surface area contributed by atoms with Crippen molar-refractivity contribution in [2.75, 3.05) is 11.9 Å². The largest absolute Gasteiger partial charge is 0.484 e. The number of hydrogen-bond acceptors (Lipinski definition) is 5. The van der Waals surface area contributed by atoms with Gasteiger partial charge in [-0.25, -0.2) is 4.68 Å². The van der Waals surface area contributed by atoms with Crippen molar-refractivity contribution in [1.29, 1.82) is 0 Å². The molecule has 1 amide bonds. The minimum absolute atomic E-state index is 0.113. The Hall–Kier alpha value is -3.42. The topological polar surface area (TPSA) is 65.4 Å². The van der Waals surface area contributed by atoms with Crippen LogP contribution in [0.3, 0.4) is 0 Å². The summed E-state index contributed by atoms with van der Waals surface area (Å²) in [4.78, 5) is 12.7. The van der Waals surface area contributed by atoms with Gasteiger partial charge < -0.3 is 14.8 Å². The maximum atomic E-state index is 12.7. The maximum absolute atomic E-state index is 12.7. The fourth-order valence-electron chi connectivity index (χ4n) is 3.46. The van der Waals surface area contributed by atoms with Gasteiger partial charge in [0, 0.05) is 22.1 Å². The molecule has 166 valence electrons. The molecule has 5 rings (SSSR count). The number of para-hydroxylation sites is 1. The van der Waals surface area contributed by atoms with Crippen LogP contribution in [0, 0.1) is 0 Å². The highest BCUT2D eigenvalue weighted by Crippen LogP contribution is 2.36. The SMILES string of the molecule is O=C(COc1ccc(Cl)cc1)Nc1c2c(nn1-c1ccc(Oc3ccccc3)cc1)CSC2. The predicted octanol–water partition coefficient (Wildman–Crippen LogP) is 6.08. The number of ether oxygens (including phenoxy) is 2. The van der Waals surface area contributed by atoms with E-state index in [4.69, 9.17) is 26.2 Å². The summed E-state index contributed by atoms with van der Waals surface area (Å²) in [6.45, 7) is -0.113. The normalized spacial score (nSPS) is 12.3. The Kier molecular flexibility index (Phi) is 6.24. The van der Waals surface area contributed by atoms with Crippen molar-refractivity contribution < 1.29 is 14.3 Å². The van der Waals surface area contributed by atoms with Gasteiger partial charge in [-0.15, -0.1) is 0 Å². The van der Waals surface area contributed by atoms with E-state index < -0.39 is 0 Å². The summed E-state index contributed by atoms with van der Waals surface area (Å²) < 4.78 is 13.2. The molecule has 0 aliphatic carbocycles. The zero-order valence-corrected chi connectivity index (χ0v) is 19.1. The van der Waals surface area contributed by atoms with Gasteiger partial charge in [-0.1, -0.05) is 29.8 Å². The molecule has 0 saturated carbocycles. The number of carbonyl (C=O) groups is 1. The first-order chi connectivity index (χ1) is 16.2. The van der Waals surface area contributed by atoms with E-state index in [1.54, 1.807) is 40.7 Å². The van der Waals surface area contributed by atoms with Gasteiger partial charge in [-0.2, -0.15) is 16.9 Å². The average Bonchev–Trinajstić information content (AvgIpc) is 3.43. The quantitative estimate of drug-likeness (QED) is 0.349. The van der Waals surface area contributed by atoms with Gasteiger partial charge in [0.15, 0.2) is 6.61 Å². The molecule has 0 fully saturated rings. The minimum Gasteiger partial charge on any atom is -0.484 e. The molecule has 0 atom stereocenters. The van der Waals surface area contributed by atoms with E-state index >= 15 is 0 Å². The number of amides is 1. The number of aromatic nitrogens is 2. The molecular formula is C25H20ClN3O3S. The first-order valence-electron chi connectivity index (χ1n) is 10.4. The molecule has 1 aliphatic heterocycles. The monoisotopic (exact) mass is 477 g/mol. The van der Waals surface area contributed by atoms with Crippen LogP contribution < -0.4 is 14.8 Å². The fraction of sp³-hybridized carbons (Fsp3) is 0.120. The third-order valence-electron chi connectivity index (χ3n) is 5.05. The second kappa shape index (κ2) is 9.60. The number of rotatable bonds is 7. The number of nitrogens with one attached hydrogen (secondary N) is 1. The number of halogens is 1. The molecule has 2 heterocycles. The van der Waals surface area contributed by atoms with E-state index in [0.29, 0.717) is 16.6 Å². The molecule has 0 radical (unpaired) electrons. The van der Waals surface area contributed by atoms with E-state index in [-0.39, 0.29) is 12.5 Å². The van der Waals surface area contributed by atoms with E-state index in [2.05, 4.69) is 5.32 Å². The van der Waals surface area contributed by atoms with Gasteiger partial charge in [-0.3, -0.25) is 4.79 Å². The van der Waals surface area contributed by atoms with Gasteiger partial charge in [0.2, 0.25) is 0 Å². The zero-order valence-electron chi connectivity index (χ0n) is 17.5. The molecule has 3 aromatic carbocycles. The van der Waals surface area contributed by atoms with Crippen LogP contribution in [-0.2, 0) is 16.3 Å². The Morgan fingerprint density at radius 1 is 0.939 bits per heavy atom. The summed E-state index contributed by atoms with van der Waals surface area (Å²) in [5.74, 6) is 4.13. The Morgan fingerprint density at radius 3 is 2.39 bits per heavy atom. The number of thioether (sulfide) groups is 1. The van der Waals surface area contributed by atoms with Crippen LogP contribution in [0.2, 0.25) is 5.02 Å². The van der Waals surface area contributed by atoms with E-state index in [1.807, 2.05) is 54.6 Å². The fourth-order valence-corrected chi connectivity index (χ4v) is 4.62. The van der Waals surface area contributed by atoms with Gasteiger partial charge >= 0.3 is 0 Å². The summed E-state index contributed by atoms with van der Waals surface area (Å²) in [6, 6.07) is 24.1. The summed E-state index contributed by atoms with van der Waals surface area (Å²) in [5, 5.41) is 8.35. The molecule has 1 aromatic heterocycles. The van der Waals surface area contributed by atoms with Crippen LogP contribution in [-0.4, -0.2) is 22.3 Å². The highest BCUT2D eigenvalue weighted by molar-refractivity contribution is 7.98. The number of nitrogens with zero attached hydrogens (tertiary/aromatic N) is 2. The van der Waals surface area contributed by atoms with E-state index in [9.17, 15) is 4.79 Å². The van der Waals surface area contributed by atoms with Crippen LogP contribution in [0.4, 0.5) is 5.82 Å². The van der Waals surface area contributed by atoms with Gasteiger partial charge in [-0.05, 0) is 60.7 Å². The molecule has 4 aromatic rings. The lowest BCUT2D eigenvalue weighted by Crippen LogP contribution is -2.22. The molecule has 8 heteroatoms. The van der Waals surface area contributed by atoms with Crippen molar-refractivity contribution >= 4 is 35.1 Å². The highest BCUT2D eigenvalue weighted by atomic mass is 35.5. The van der Waals surface area contributed by atoms with Crippen molar-refractivity contribution in [2.24, 2.45) is 0 Å². The molecule has 0 bridgehead atoms. The number of anilines is 1. The van der Waals surface area contributed by atoms with E-state index in [0.717, 1.165) is 39.9 Å². The highest BCUT2D eigenvalue weighted by Gasteiger charge is 2.25. The Balaban J connectivity index is 1.32. The van der Waals surface area contributed by atoms with Crippen molar-refractivity contribution in [3.05, 3.63) is 95.1 Å². The summed E-state index contributed by atoms with van der Waals surface area (Å²) >= 11 is 7.67. The lowest BCUT2D eigenvalue weighted by Gasteiger charge is -2.12. The molecule has 1 N–H and O–H groups in total. The van der Waals surface area contributed by atoms with Crippen LogP contribution in [0.25, 0.3) is 5.69 Å². The smallest absolute Gasteiger partial charge is 0.263 e. The second-order valence-corrected chi connectivity index (χ2v) is 8.80. The molecule has 0 unspecified atom stereocenters. The van der Waals surface area contributed by atoms with Crippen molar-refractivity contribution in [1.82, 2.24) is 9.78 Å². The molecule has 0 saturated heterocycles. The summed E-state index contributed by atoms with van der Waals surface area (Å²) in [6.07, 6.45) is 0. The Labute approximate surface area is 200 Å². The molecular weight excluding hydrogens is 458 g/mol. The van der Waals surface area contributed by atoms with Crippen LogP contribution in [0.5, 0.6) is 17.2 Å². The van der Waals surface area contributed by atoms with Crippen molar-refractivity contribution in [3.63, 3.8) is 0 Å². The second-order valence-electron chi connectivity index (χ2n) is 7.38. The van der Waals surface area contributed by atoms with E-state index in [1.165, 1.54) is 0 Å². The summed E-state index contributed by atoms with van der Waals surface area (Å²) in [5.41, 5.74) is 2.87. The average molecular weight is 478 g/mol. The molecule has 0 spiro atoms. The lowest BCUT2D eigenvalue weighted by molar-refractivity contribution is -0.118. The van der Waals surface area contributed by atoms with Crippen molar-refractivity contribution in [2.45, 2.75) is 11.5 Å². The maximum Gasteiger partial charge on any atom is 0.263 e. The van der Waals surface area contributed by atoms with Crippen LogP contribution >= 0.6 is 23.4 Å². The molecule has 33 heavy (non-hydrogen) atoms.